The molecule has 0 radical (unpaired) electrons. The van der Waals surface area contributed by atoms with Gasteiger partial charge in [0.05, 0.1) is 82.3 Å². The van der Waals surface area contributed by atoms with E-state index in [0.717, 1.165) is 29.2 Å². The number of amides is 2. The van der Waals surface area contributed by atoms with Gasteiger partial charge in [-0.1, -0.05) is 12.1 Å². The topological polar surface area (TPSA) is 174 Å². The Bertz CT molecular complexity index is 2670. The SMILES string of the molecule is Cc1ccc(C(=O)Nc2c(C(=O)N(c3cncc(C(F)(F)F)c3)c3cncc(C(F)(F)F)c3)ccc(C)c2[C@H]2CN(c3cncnc3)C[C@@H]2CO)cc1C1CN(c2cncnc2)CC1CO. The van der Waals surface area contributed by atoms with E-state index in [4.69, 9.17) is 0 Å². The molecular weight excluding hydrogens is 871 g/mol. The number of benzene rings is 2. The first-order chi connectivity index (χ1) is 31.5. The second kappa shape index (κ2) is 18.4. The maximum absolute atomic E-state index is 15.3. The summed E-state index contributed by atoms with van der Waals surface area (Å²) < 4.78 is 84.8. The summed E-state index contributed by atoms with van der Waals surface area (Å²) in [5, 5.41) is 24.2. The molecule has 0 bridgehead atoms. The number of carbonyl (C=O) groups excluding carboxylic acids is 2. The zero-order chi connectivity index (χ0) is 46.9. The fourth-order valence-electron chi connectivity index (χ4n) is 8.92. The lowest BCUT2D eigenvalue weighted by atomic mass is 9.83. The van der Waals surface area contributed by atoms with Crippen molar-refractivity contribution < 1.29 is 46.1 Å². The molecule has 6 heterocycles. The lowest BCUT2D eigenvalue weighted by molar-refractivity contribution is -0.138. The molecule has 2 amide bonds. The minimum Gasteiger partial charge on any atom is -0.396 e. The number of rotatable bonds is 11. The fraction of sp³-hybridized carbons (Fsp3) is 0.304. The summed E-state index contributed by atoms with van der Waals surface area (Å²) >= 11 is 0. The lowest BCUT2D eigenvalue weighted by Gasteiger charge is -2.28. The summed E-state index contributed by atoms with van der Waals surface area (Å²) in [5.74, 6) is -3.37. The van der Waals surface area contributed by atoms with E-state index in [-0.39, 0.29) is 48.4 Å². The monoisotopic (exact) mass is 912 g/mol. The van der Waals surface area contributed by atoms with E-state index in [1.807, 2.05) is 16.7 Å². The Balaban J connectivity index is 1.26. The van der Waals surface area contributed by atoms with Crippen molar-refractivity contribution in [1.29, 1.82) is 0 Å². The Labute approximate surface area is 374 Å². The van der Waals surface area contributed by atoms with E-state index in [0.29, 0.717) is 65.9 Å². The molecule has 8 rings (SSSR count). The Kier molecular flexibility index (Phi) is 12.7. The van der Waals surface area contributed by atoms with Gasteiger partial charge >= 0.3 is 12.4 Å². The fourth-order valence-corrected chi connectivity index (χ4v) is 8.92. The molecule has 6 aromatic rings. The van der Waals surface area contributed by atoms with Gasteiger partial charge in [0.15, 0.2) is 0 Å². The van der Waals surface area contributed by atoms with Crippen LogP contribution in [0.25, 0.3) is 0 Å². The van der Waals surface area contributed by atoms with E-state index in [1.165, 1.54) is 18.7 Å². The van der Waals surface area contributed by atoms with Crippen LogP contribution in [-0.2, 0) is 12.4 Å². The van der Waals surface area contributed by atoms with Crippen molar-refractivity contribution in [2.24, 2.45) is 11.8 Å². The number of nitrogens with one attached hydrogen (secondary N) is 1. The van der Waals surface area contributed by atoms with E-state index >= 15 is 4.79 Å². The number of hydrogen-bond donors (Lipinski definition) is 3. The van der Waals surface area contributed by atoms with Crippen molar-refractivity contribution >= 4 is 40.3 Å². The highest BCUT2D eigenvalue weighted by Crippen LogP contribution is 2.44. The maximum atomic E-state index is 15.3. The van der Waals surface area contributed by atoms with Crippen LogP contribution in [0, 0.1) is 25.7 Å². The molecule has 2 aliphatic heterocycles. The summed E-state index contributed by atoms with van der Waals surface area (Å²) in [4.78, 5) is 58.5. The number of aliphatic hydroxyl groups excluding tert-OH is 2. The van der Waals surface area contributed by atoms with Gasteiger partial charge in [0, 0.05) is 81.0 Å². The molecule has 3 N–H and O–H groups in total. The molecule has 2 saturated heterocycles. The number of halogens is 6. The molecule has 0 aliphatic carbocycles. The molecular formula is C46H42F6N10O4. The molecule has 4 aromatic heterocycles. The first-order valence-electron chi connectivity index (χ1n) is 20.7. The molecule has 342 valence electrons. The van der Waals surface area contributed by atoms with Crippen molar-refractivity contribution in [1.82, 2.24) is 29.9 Å². The molecule has 2 unspecified atom stereocenters. The van der Waals surface area contributed by atoms with Gasteiger partial charge in [0.1, 0.15) is 12.7 Å². The number of pyridine rings is 2. The van der Waals surface area contributed by atoms with Crippen LogP contribution in [0.5, 0.6) is 0 Å². The average molecular weight is 913 g/mol. The Morgan fingerprint density at radius 1 is 0.652 bits per heavy atom. The number of hydrogen-bond acceptors (Lipinski definition) is 12. The molecule has 0 saturated carbocycles. The van der Waals surface area contributed by atoms with Crippen LogP contribution in [0.3, 0.4) is 0 Å². The van der Waals surface area contributed by atoms with Gasteiger partial charge in [-0.3, -0.25) is 24.5 Å². The third-order valence-electron chi connectivity index (χ3n) is 12.2. The first kappa shape index (κ1) is 45.5. The van der Waals surface area contributed by atoms with Crippen LogP contribution >= 0.6 is 0 Å². The summed E-state index contributed by atoms with van der Waals surface area (Å²) in [6.07, 6.45) is 2.25. The molecule has 2 aromatic carbocycles. The van der Waals surface area contributed by atoms with Crippen LogP contribution < -0.4 is 20.0 Å². The number of alkyl halides is 6. The molecule has 2 fully saturated rings. The third kappa shape index (κ3) is 9.23. The van der Waals surface area contributed by atoms with Crippen molar-refractivity contribution in [3.05, 3.63) is 149 Å². The molecule has 14 nitrogen and oxygen atoms in total. The van der Waals surface area contributed by atoms with Crippen molar-refractivity contribution in [3.8, 4) is 0 Å². The van der Waals surface area contributed by atoms with Crippen molar-refractivity contribution in [2.75, 3.05) is 59.4 Å². The van der Waals surface area contributed by atoms with Gasteiger partial charge in [0.25, 0.3) is 11.8 Å². The number of carbonyl (C=O) groups is 2. The Morgan fingerprint density at radius 3 is 1.67 bits per heavy atom. The van der Waals surface area contributed by atoms with Gasteiger partial charge < -0.3 is 25.3 Å². The van der Waals surface area contributed by atoms with Gasteiger partial charge in [-0.2, -0.15) is 26.3 Å². The maximum Gasteiger partial charge on any atom is 0.417 e. The van der Waals surface area contributed by atoms with Crippen LogP contribution in [0.4, 0.5) is 54.8 Å². The Morgan fingerprint density at radius 2 is 1.15 bits per heavy atom. The zero-order valence-corrected chi connectivity index (χ0v) is 35.4. The minimum atomic E-state index is -4.95. The van der Waals surface area contributed by atoms with Crippen molar-refractivity contribution in [2.45, 2.75) is 38.0 Å². The normalized spacial score (nSPS) is 18.7. The van der Waals surface area contributed by atoms with Gasteiger partial charge in [-0.05, 0) is 66.4 Å². The minimum absolute atomic E-state index is 0.0732. The summed E-state index contributed by atoms with van der Waals surface area (Å²) in [6.45, 7) is 4.63. The van der Waals surface area contributed by atoms with Crippen LogP contribution in [-0.4, -0.2) is 91.3 Å². The van der Waals surface area contributed by atoms with Crippen LogP contribution in [0.15, 0.2) is 105 Å². The highest BCUT2D eigenvalue weighted by atomic mass is 19.4. The highest BCUT2D eigenvalue weighted by Gasteiger charge is 2.40. The van der Waals surface area contributed by atoms with Crippen LogP contribution in [0.1, 0.15) is 65.9 Å². The third-order valence-corrected chi connectivity index (χ3v) is 12.2. The number of aromatic nitrogens is 6. The summed E-state index contributed by atoms with van der Waals surface area (Å²) in [7, 11) is 0. The molecule has 0 spiro atoms. The van der Waals surface area contributed by atoms with Crippen LogP contribution in [0.2, 0.25) is 0 Å². The van der Waals surface area contributed by atoms with Gasteiger partial charge in [0.2, 0.25) is 0 Å². The predicted molar refractivity (Wildman–Crippen MR) is 230 cm³/mol. The van der Waals surface area contributed by atoms with E-state index in [9.17, 15) is 41.4 Å². The quantitative estimate of drug-likeness (QED) is 0.110. The summed E-state index contributed by atoms with van der Waals surface area (Å²) in [6, 6.07) is 9.13. The highest BCUT2D eigenvalue weighted by molar-refractivity contribution is 6.17. The van der Waals surface area contributed by atoms with Gasteiger partial charge in [-0.15, -0.1) is 0 Å². The number of nitrogens with zero attached hydrogens (tertiary/aromatic N) is 9. The van der Waals surface area contributed by atoms with Crippen molar-refractivity contribution in [3.63, 3.8) is 0 Å². The number of aliphatic hydroxyl groups is 2. The summed E-state index contributed by atoms with van der Waals surface area (Å²) in [5.41, 5.74) is 0.154. The lowest BCUT2D eigenvalue weighted by Crippen LogP contribution is -2.30. The second-order valence-electron chi connectivity index (χ2n) is 16.3. The Hall–Kier alpha value is -7.06. The standard InChI is InChI=1S/C46H42F6N10O4/c1-26-3-5-28(7-38(26)39-20-60(18-29(39)22-63)35-14-55-24-56-15-35)43(65)59-42-37(6-4-27(2)41(42)40-21-61(19-30(40)23-64)36-16-57-25-58-17-36)44(66)62(33-8-31(10-53-12-33)45(47,48)49)34-9-32(11-54-13-34)46(50,51)52/h3-17,24-25,29-30,39-40,63-64H,18-23H2,1-2H3,(H,59,65)/t29?,30-,39?,40+/m1/s1. The smallest absolute Gasteiger partial charge is 0.396 e. The molecule has 2 aliphatic rings. The second-order valence-corrected chi connectivity index (χ2v) is 16.3. The van der Waals surface area contributed by atoms with E-state index < -0.39 is 58.5 Å². The van der Waals surface area contributed by atoms with Gasteiger partial charge in [-0.25, -0.2) is 19.9 Å². The predicted octanol–water partition coefficient (Wildman–Crippen LogP) is 7.37. The van der Waals surface area contributed by atoms with E-state index in [2.05, 4.69) is 35.2 Å². The first-order valence-corrected chi connectivity index (χ1v) is 20.7. The average Bonchev–Trinajstić information content (AvgIpc) is 3.95. The molecule has 66 heavy (non-hydrogen) atoms. The number of aryl methyl sites for hydroxylation is 2. The molecule has 20 heteroatoms. The number of anilines is 5. The zero-order valence-electron chi connectivity index (χ0n) is 35.4. The largest absolute Gasteiger partial charge is 0.417 e. The van der Waals surface area contributed by atoms with E-state index in [1.54, 1.807) is 56.0 Å². The molecule has 4 atom stereocenters.